The molecule has 1 aromatic heterocycles. The van der Waals surface area contributed by atoms with Crippen molar-refractivity contribution in [2.24, 2.45) is 0 Å². The molecule has 136 valence electrons. The molecule has 1 saturated heterocycles. The van der Waals surface area contributed by atoms with Gasteiger partial charge in [0.1, 0.15) is 12.1 Å². The van der Waals surface area contributed by atoms with E-state index in [1.54, 1.807) is 0 Å². The molecular formula is C23H22N2O2. The lowest BCUT2D eigenvalue weighted by atomic mass is 9.99. The predicted molar refractivity (Wildman–Crippen MR) is 103 cm³/mol. The molecule has 2 aliphatic heterocycles. The highest BCUT2D eigenvalue weighted by molar-refractivity contribution is 5.83. The quantitative estimate of drug-likeness (QED) is 0.701. The van der Waals surface area contributed by atoms with Crippen LogP contribution in [0.1, 0.15) is 42.1 Å². The minimum absolute atomic E-state index is 0.00757. The van der Waals surface area contributed by atoms with Gasteiger partial charge in [-0.2, -0.15) is 0 Å². The van der Waals surface area contributed by atoms with Crippen LogP contribution in [0.3, 0.4) is 0 Å². The molecule has 27 heavy (non-hydrogen) atoms. The number of hydrogen-bond acceptors (Lipinski definition) is 2. The van der Waals surface area contributed by atoms with Gasteiger partial charge in [-0.05, 0) is 30.2 Å². The summed E-state index contributed by atoms with van der Waals surface area (Å²) in [6, 6.07) is 24.2. The average molecular weight is 358 g/mol. The van der Waals surface area contributed by atoms with E-state index in [0.29, 0.717) is 6.42 Å². The summed E-state index contributed by atoms with van der Waals surface area (Å²) >= 11 is 0. The molecule has 0 N–H and O–H groups in total. The first-order valence-electron chi connectivity index (χ1n) is 9.47. The lowest BCUT2D eigenvalue weighted by molar-refractivity contribution is -0.145. The van der Waals surface area contributed by atoms with Crippen LogP contribution >= 0.6 is 0 Å². The second kappa shape index (κ2) is 6.39. The minimum atomic E-state index is -0.320. The van der Waals surface area contributed by atoms with Crippen molar-refractivity contribution in [1.29, 1.82) is 0 Å². The fraction of sp³-hybridized carbons (Fsp3) is 0.261. The highest BCUT2D eigenvalue weighted by Crippen LogP contribution is 2.46. The third-order valence-electron chi connectivity index (χ3n) is 5.75. The highest BCUT2D eigenvalue weighted by Gasteiger charge is 2.50. The number of ether oxygens (including phenoxy) is 1. The summed E-state index contributed by atoms with van der Waals surface area (Å²) in [5, 5.41) is 0. The lowest BCUT2D eigenvalue weighted by Gasteiger charge is -2.37. The number of fused-ring (bicyclic) bond motifs is 3. The standard InChI is InChI=1S/C23H22N2O2/c1-16-21(18-11-6-3-7-12-18)27-23-19-13-8-14-24(19)20(22(26)25(16)23)15-17-9-4-2-5-10-17/h2-14,16,20-21,23H,15H2,1H3/t16-,20+,21-,23+/m1/s1. The number of hydrogen-bond donors (Lipinski definition) is 0. The maximum Gasteiger partial charge on any atom is 0.248 e. The topological polar surface area (TPSA) is 34.5 Å². The van der Waals surface area contributed by atoms with Gasteiger partial charge in [-0.25, -0.2) is 0 Å². The summed E-state index contributed by atoms with van der Waals surface area (Å²) in [6.07, 6.45) is 2.26. The second-order valence-electron chi connectivity index (χ2n) is 7.35. The van der Waals surface area contributed by atoms with E-state index < -0.39 is 0 Å². The van der Waals surface area contributed by atoms with Gasteiger partial charge in [0, 0.05) is 12.6 Å². The van der Waals surface area contributed by atoms with Gasteiger partial charge in [0.05, 0.1) is 11.7 Å². The third kappa shape index (κ3) is 2.60. The van der Waals surface area contributed by atoms with Crippen molar-refractivity contribution in [3.05, 3.63) is 95.8 Å². The Kier molecular flexibility index (Phi) is 3.87. The molecule has 4 atom stereocenters. The minimum Gasteiger partial charge on any atom is -0.342 e. The van der Waals surface area contributed by atoms with Crippen molar-refractivity contribution in [2.75, 3.05) is 0 Å². The van der Waals surface area contributed by atoms with Gasteiger partial charge in [-0.3, -0.25) is 4.79 Å². The van der Waals surface area contributed by atoms with Crippen molar-refractivity contribution < 1.29 is 9.53 Å². The Morgan fingerprint density at radius 2 is 1.63 bits per heavy atom. The second-order valence-corrected chi connectivity index (χ2v) is 7.35. The van der Waals surface area contributed by atoms with Gasteiger partial charge in [-0.15, -0.1) is 0 Å². The van der Waals surface area contributed by atoms with Crippen LogP contribution in [0.5, 0.6) is 0 Å². The molecule has 5 rings (SSSR count). The number of amides is 1. The summed E-state index contributed by atoms with van der Waals surface area (Å²) in [4.78, 5) is 15.4. The SMILES string of the molecule is C[C@@H]1[C@H](c2ccccc2)O[C@H]2c3cccn3[C@@H](Cc3ccccc3)C(=O)N12. The summed E-state index contributed by atoms with van der Waals surface area (Å²) < 4.78 is 8.50. The number of benzene rings is 2. The van der Waals surface area contributed by atoms with Crippen LogP contribution < -0.4 is 0 Å². The number of carbonyl (C=O) groups excluding carboxylic acids is 1. The predicted octanol–water partition coefficient (Wildman–Crippen LogP) is 4.27. The summed E-state index contributed by atoms with van der Waals surface area (Å²) in [5.74, 6) is 0.137. The molecule has 2 aliphatic rings. The zero-order valence-corrected chi connectivity index (χ0v) is 15.2. The molecule has 4 nitrogen and oxygen atoms in total. The Hall–Kier alpha value is -2.85. The molecule has 0 bridgehead atoms. The molecule has 3 aromatic rings. The van der Waals surface area contributed by atoms with E-state index in [4.69, 9.17) is 4.74 Å². The van der Waals surface area contributed by atoms with E-state index in [0.717, 1.165) is 11.3 Å². The molecule has 0 spiro atoms. The van der Waals surface area contributed by atoms with Crippen molar-refractivity contribution >= 4 is 5.91 Å². The third-order valence-corrected chi connectivity index (χ3v) is 5.75. The van der Waals surface area contributed by atoms with Gasteiger partial charge in [0.25, 0.3) is 0 Å². The van der Waals surface area contributed by atoms with E-state index in [1.807, 2.05) is 53.6 Å². The Morgan fingerprint density at radius 3 is 2.37 bits per heavy atom. The van der Waals surface area contributed by atoms with Crippen LogP contribution in [-0.4, -0.2) is 21.4 Å². The first kappa shape index (κ1) is 16.3. The van der Waals surface area contributed by atoms with E-state index in [2.05, 4.69) is 41.8 Å². The largest absolute Gasteiger partial charge is 0.342 e. The van der Waals surface area contributed by atoms with Gasteiger partial charge in [0.15, 0.2) is 6.23 Å². The lowest BCUT2D eigenvalue weighted by Crippen LogP contribution is -2.46. The molecule has 0 radical (unpaired) electrons. The first-order valence-corrected chi connectivity index (χ1v) is 9.47. The Morgan fingerprint density at radius 1 is 0.926 bits per heavy atom. The summed E-state index contributed by atoms with van der Waals surface area (Å²) in [6.45, 7) is 2.09. The van der Waals surface area contributed by atoms with E-state index in [9.17, 15) is 4.79 Å². The zero-order chi connectivity index (χ0) is 18.4. The van der Waals surface area contributed by atoms with Gasteiger partial charge in [-0.1, -0.05) is 60.7 Å². The molecular weight excluding hydrogens is 336 g/mol. The van der Waals surface area contributed by atoms with Crippen molar-refractivity contribution in [3.63, 3.8) is 0 Å². The monoisotopic (exact) mass is 358 g/mol. The zero-order valence-electron chi connectivity index (χ0n) is 15.2. The Bertz CT molecular complexity index is 951. The molecule has 1 amide bonds. The van der Waals surface area contributed by atoms with E-state index in [1.165, 1.54) is 5.56 Å². The van der Waals surface area contributed by atoms with Crippen LogP contribution in [0.2, 0.25) is 0 Å². The normalized spacial score (nSPS) is 26.7. The first-order chi connectivity index (χ1) is 13.2. The van der Waals surface area contributed by atoms with Gasteiger partial charge < -0.3 is 14.2 Å². The number of rotatable bonds is 3. The summed E-state index contributed by atoms with van der Waals surface area (Å²) in [7, 11) is 0. The number of nitrogens with zero attached hydrogens (tertiary/aromatic N) is 2. The average Bonchev–Trinajstić information content (AvgIpc) is 3.32. The number of aromatic nitrogens is 1. The van der Waals surface area contributed by atoms with Crippen LogP contribution in [0.15, 0.2) is 79.0 Å². The fourth-order valence-electron chi connectivity index (χ4n) is 4.42. The molecule has 0 saturated carbocycles. The summed E-state index contributed by atoms with van der Waals surface area (Å²) in [5.41, 5.74) is 3.34. The molecule has 0 unspecified atom stereocenters. The van der Waals surface area contributed by atoms with E-state index >= 15 is 0 Å². The molecule has 1 fully saturated rings. The van der Waals surface area contributed by atoms with Crippen LogP contribution in [0, 0.1) is 0 Å². The molecule has 3 heterocycles. The maximum absolute atomic E-state index is 13.5. The van der Waals surface area contributed by atoms with Gasteiger partial charge >= 0.3 is 0 Å². The fourth-order valence-corrected chi connectivity index (χ4v) is 4.42. The molecule has 2 aromatic carbocycles. The Labute approximate surface area is 159 Å². The highest BCUT2D eigenvalue weighted by atomic mass is 16.5. The van der Waals surface area contributed by atoms with Crippen molar-refractivity contribution in [2.45, 2.75) is 37.8 Å². The molecule has 0 aliphatic carbocycles. The van der Waals surface area contributed by atoms with Crippen molar-refractivity contribution in [1.82, 2.24) is 9.47 Å². The van der Waals surface area contributed by atoms with Crippen LogP contribution in [-0.2, 0) is 16.0 Å². The van der Waals surface area contributed by atoms with Crippen LogP contribution in [0.4, 0.5) is 0 Å². The van der Waals surface area contributed by atoms with Crippen molar-refractivity contribution in [3.8, 4) is 0 Å². The van der Waals surface area contributed by atoms with E-state index in [-0.39, 0.29) is 30.3 Å². The maximum atomic E-state index is 13.5. The molecule has 4 heteroatoms. The van der Waals surface area contributed by atoms with Gasteiger partial charge in [0.2, 0.25) is 5.91 Å². The Balaban J connectivity index is 1.52. The number of carbonyl (C=O) groups is 1. The smallest absolute Gasteiger partial charge is 0.248 e. The van der Waals surface area contributed by atoms with Crippen LogP contribution in [0.25, 0.3) is 0 Å².